The van der Waals surface area contributed by atoms with Gasteiger partial charge in [0.1, 0.15) is 0 Å². The Hall–Kier alpha value is -1.61. The average molecular weight is 306 g/mol. The predicted octanol–water partition coefficient (Wildman–Crippen LogP) is 4.71. The zero-order valence-electron chi connectivity index (χ0n) is 12.7. The van der Waals surface area contributed by atoms with Crippen molar-refractivity contribution in [2.24, 2.45) is 10.1 Å². The molecular weight excluding hydrogens is 282 g/mol. The highest BCUT2D eigenvalue weighted by atomic mass is 35.5. The number of aliphatic imine (C=N–C) groups is 1. The number of benzene rings is 1. The SMILES string of the molecule is C=N/C(=N\NCCCC(Cl)c1ccccc1)C(=C)CCC. The Morgan fingerprint density at radius 3 is 2.67 bits per heavy atom. The van der Waals surface area contributed by atoms with Crippen LogP contribution in [0.1, 0.15) is 43.5 Å². The maximum absolute atomic E-state index is 6.36. The summed E-state index contributed by atoms with van der Waals surface area (Å²) in [6.45, 7) is 10.3. The molecule has 1 aromatic carbocycles. The maximum Gasteiger partial charge on any atom is 0.173 e. The third-order valence-electron chi connectivity index (χ3n) is 3.11. The van der Waals surface area contributed by atoms with E-state index in [2.05, 4.69) is 47.9 Å². The fourth-order valence-electron chi connectivity index (χ4n) is 1.96. The molecule has 0 saturated heterocycles. The zero-order chi connectivity index (χ0) is 15.5. The molecule has 0 spiro atoms. The quantitative estimate of drug-likeness (QED) is 0.232. The first-order valence-corrected chi connectivity index (χ1v) is 7.77. The van der Waals surface area contributed by atoms with Crippen LogP contribution in [-0.4, -0.2) is 19.1 Å². The molecule has 21 heavy (non-hydrogen) atoms. The van der Waals surface area contributed by atoms with E-state index in [4.69, 9.17) is 11.6 Å². The number of hydrogen-bond donors (Lipinski definition) is 1. The predicted molar refractivity (Wildman–Crippen MR) is 93.3 cm³/mol. The lowest BCUT2D eigenvalue weighted by Crippen LogP contribution is -2.12. The highest BCUT2D eigenvalue weighted by molar-refractivity contribution is 6.20. The van der Waals surface area contributed by atoms with Gasteiger partial charge in [0, 0.05) is 6.54 Å². The standard InChI is InChI=1S/C17H24ClN3/c1-4-9-14(2)17(19-3)21-20-13-8-12-16(18)15-10-6-5-7-11-15/h5-7,10-11,16,20H,2-4,8-9,12-13H2,1H3/b21-17-. The summed E-state index contributed by atoms with van der Waals surface area (Å²) in [6.07, 6.45) is 3.76. The molecule has 0 fully saturated rings. The van der Waals surface area contributed by atoms with E-state index in [9.17, 15) is 0 Å². The van der Waals surface area contributed by atoms with Crippen molar-refractivity contribution in [3.63, 3.8) is 0 Å². The molecule has 1 atom stereocenters. The number of hydrazone groups is 1. The lowest BCUT2D eigenvalue weighted by Gasteiger charge is -2.09. The van der Waals surface area contributed by atoms with Crippen molar-refractivity contribution in [3.8, 4) is 0 Å². The van der Waals surface area contributed by atoms with Crippen LogP contribution >= 0.6 is 11.6 Å². The molecule has 114 valence electrons. The van der Waals surface area contributed by atoms with Crippen LogP contribution in [0.2, 0.25) is 0 Å². The number of hydrogen-bond acceptors (Lipinski definition) is 2. The van der Waals surface area contributed by atoms with Crippen molar-refractivity contribution in [2.45, 2.75) is 38.0 Å². The number of amidine groups is 1. The van der Waals surface area contributed by atoms with Gasteiger partial charge in [-0.3, -0.25) is 0 Å². The van der Waals surface area contributed by atoms with Gasteiger partial charge in [0.25, 0.3) is 0 Å². The summed E-state index contributed by atoms with van der Waals surface area (Å²) in [5.74, 6) is 0.599. The summed E-state index contributed by atoms with van der Waals surface area (Å²) in [5.41, 5.74) is 5.09. The Morgan fingerprint density at radius 2 is 2.05 bits per heavy atom. The Kier molecular flexibility index (Phi) is 8.44. The first kappa shape index (κ1) is 17.4. The fourth-order valence-corrected chi connectivity index (χ4v) is 2.26. The molecule has 0 aliphatic rings. The van der Waals surface area contributed by atoms with Crippen LogP contribution in [0.15, 0.2) is 52.6 Å². The van der Waals surface area contributed by atoms with E-state index in [0.717, 1.165) is 43.4 Å². The van der Waals surface area contributed by atoms with Crippen LogP contribution in [0.25, 0.3) is 0 Å². The van der Waals surface area contributed by atoms with Crippen LogP contribution in [0.4, 0.5) is 0 Å². The van der Waals surface area contributed by atoms with E-state index in [-0.39, 0.29) is 5.38 Å². The van der Waals surface area contributed by atoms with E-state index in [0.29, 0.717) is 5.84 Å². The van der Waals surface area contributed by atoms with Gasteiger partial charge in [-0.2, -0.15) is 5.10 Å². The molecular formula is C17H24ClN3. The van der Waals surface area contributed by atoms with Crippen LogP contribution in [-0.2, 0) is 0 Å². The molecule has 0 heterocycles. The monoisotopic (exact) mass is 305 g/mol. The molecule has 4 heteroatoms. The number of alkyl halides is 1. The average Bonchev–Trinajstić information content (AvgIpc) is 2.51. The molecule has 0 amide bonds. The molecule has 0 aliphatic heterocycles. The number of halogens is 1. The second-order valence-electron chi connectivity index (χ2n) is 4.88. The lowest BCUT2D eigenvalue weighted by molar-refractivity contribution is 0.638. The van der Waals surface area contributed by atoms with Crippen LogP contribution < -0.4 is 5.43 Å². The van der Waals surface area contributed by atoms with Crippen LogP contribution in [0.3, 0.4) is 0 Å². The van der Waals surface area contributed by atoms with Crippen molar-refractivity contribution in [1.82, 2.24) is 5.43 Å². The summed E-state index contributed by atoms with van der Waals surface area (Å²) >= 11 is 6.36. The van der Waals surface area contributed by atoms with Crippen molar-refractivity contribution in [1.29, 1.82) is 0 Å². The van der Waals surface area contributed by atoms with E-state index < -0.39 is 0 Å². The Bertz CT molecular complexity index is 468. The van der Waals surface area contributed by atoms with Gasteiger partial charge in [0.2, 0.25) is 0 Å². The lowest BCUT2D eigenvalue weighted by atomic mass is 10.1. The topological polar surface area (TPSA) is 36.8 Å². The molecule has 0 bridgehead atoms. The number of nitrogens with one attached hydrogen (secondary N) is 1. The minimum absolute atomic E-state index is 0.0454. The van der Waals surface area contributed by atoms with E-state index in [1.54, 1.807) is 0 Å². The summed E-state index contributed by atoms with van der Waals surface area (Å²) < 4.78 is 0. The molecule has 0 aliphatic carbocycles. The summed E-state index contributed by atoms with van der Waals surface area (Å²) in [4.78, 5) is 3.90. The van der Waals surface area contributed by atoms with E-state index >= 15 is 0 Å². The molecule has 0 aromatic heterocycles. The van der Waals surface area contributed by atoms with Gasteiger partial charge >= 0.3 is 0 Å². The summed E-state index contributed by atoms with van der Waals surface area (Å²) in [5, 5.41) is 4.27. The van der Waals surface area contributed by atoms with Crippen molar-refractivity contribution < 1.29 is 0 Å². The number of nitrogens with zero attached hydrogens (tertiary/aromatic N) is 2. The van der Waals surface area contributed by atoms with Gasteiger partial charge in [0.15, 0.2) is 5.84 Å². The Labute approximate surface area is 132 Å². The van der Waals surface area contributed by atoms with Gasteiger partial charge in [0.05, 0.1) is 5.38 Å². The zero-order valence-corrected chi connectivity index (χ0v) is 13.4. The minimum Gasteiger partial charge on any atom is -0.308 e. The third kappa shape index (κ3) is 6.58. The van der Waals surface area contributed by atoms with Crippen molar-refractivity contribution >= 4 is 24.2 Å². The molecule has 3 nitrogen and oxygen atoms in total. The highest BCUT2D eigenvalue weighted by Gasteiger charge is 2.06. The molecule has 0 radical (unpaired) electrons. The third-order valence-corrected chi connectivity index (χ3v) is 3.58. The first-order valence-electron chi connectivity index (χ1n) is 7.33. The minimum atomic E-state index is 0.0454. The van der Waals surface area contributed by atoms with E-state index in [1.807, 2.05) is 18.2 Å². The summed E-state index contributed by atoms with van der Waals surface area (Å²) in [7, 11) is 0. The highest BCUT2D eigenvalue weighted by Crippen LogP contribution is 2.24. The van der Waals surface area contributed by atoms with Crippen LogP contribution in [0, 0.1) is 0 Å². The van der Waals surface area contributed by atoms with Gasteiger partial charge in [-0.15, -0.1) is 11.6 Å². The molecule has 1 N–H and O–H groups in total. The van der Waals surface area contributed by atoms with Gasteiger partial charge < -0.3 is 5.43 Å². The van der Waals surface area contributed by atoms with Crippen molar-refractivity contribution in [3.05, 3.63) is 48.0 Å². The number of rotatable bonds is 9. The molecule has 1 aromatic rings. The first-order chi connectivity index (χ1) is 10.2. The van der Waals surface area contributed by atoms with Crippen LogP contribution in [0.5, 0.6) is 0 Å². The summed E-state index contributed by atoms with van der Waals surface area (Å²) in [6, 6.07) is 10.1. The second-order valence-corrected chi connectivity index (χ2v) is 5.40. The maximum atomic E-state index is 6.36. The Balaban J connectivity index is 2.30. The normalized spacial score (nSPS) is 12.8. The fraction of sp³-hybridized carbons (Fsp3) is 0.412. The largest absolute Gasteiger partial charge is 0.308 e. The van der Waals surface area contributed by atoms with Gasteiger partial charge in [-0.1, -0.05) is 50.3 Å². The van der Waals surface area contributed by atoms with Crippen molar-refractivity contribution in [2.75, 3.05) is 6.54 Å². The van der Waals surface area contributed by atoms with Gasteiger partial charge in [-0.05, 0) is 37.1 Å². The van der Waals surface area contributed by atoms with E-state index in [1.165, 1.54) is 0 Å². The Morgan fingerprint density at radius 1 is 1.33 bits per heavy atom. The molecule has 1 rings (SSSR count). The second kappa shape index (κ2) is 10.2. The van der Waals surface area contributed by atoms with Gasteiger partial charge in [-0.25, -0.2) is 4.99 Å². The smallest absolute Gasteiger partial charge is 0.173 e. The molecule has 1 unspecified atom stereocenters. The molecule has 0 saturated carbocycles.